The molecule has 0 spiro atoms. The largest absolute Gasteiger partial charge is 0.297 e. The Morgan fingerprint density at radius 3 is 2.89 bits per heavy atom. The second kappa shape index (κ2) is 7.45. The first kappa shape index (κ1) is 17.5. The van der Waals surface area contributed by atoms with Crippen molar-refractivity contribution >= 4 is 17.0 Å². The first-order valence-electron chi connectivity index (χ1n) is 9.80. The van der Waals surface area contributed by atoms with Gasteiger partial charge in [0.15, 0.2) is 5.65 Å². The predicted octanol–water partition coefficient (Wildman–Crippen LogP) is 4.54. The van der Waals surface area contributed by atoms with E-state index in [1.807, 2.05) is 24.4 Å². The maximum atomic E-state index is 4.66. The minimum atomic E-state index is 0.427. The van der Waals surface area contributed by atoms with Gasteiger partial charge in [-0.3, -0.25) is 9.30 Å². The number of rotatable bonds is 4. The van der Waals surface area contributed by atoms with E-state index in [1.165, 1.54) is 28.8 Å². The number of hydrogen-bond donors (Lipinski definition) is 0. The summed E-state index contributed by atoms with van der Waals surface area (Å²) in [5.41, 5.74) is 3.41. The topological polar surface area (TPSA) is 46.3 Å². The molecule has 142 valence electrons. The monoisotopic (exact) mass is 389 g/mol. The number of piperidine rings is 1. The van der Waals surface area contributed by atoms with Crippen molar-refractivity contribution in [3.63, 3.8) is 0 Å². The van der Waals surface area contributed by atoms with Gasteiger partial charge in [-0.2, -0.15) is 0 Å². The van der Waals surface area contributed by atoms with Crippen LogP contribution in [0.15, 0.2) is 54.9 Å². The maximum Gasteiger partial charge on any atom is 0.160 e. The van der Waals surface area contributed by atoms with E-state index in [9.17, 15) is 0 Å². The third-order valence-corrected chi connectivity index (χ3v) is 6.47. The number of pyridine rings is 1. The van der Waals surface area contributed by atoms with Gasteiger partial charge in [-0.25, -0.2) is 4.98 Å². The van der Waals surface area contributed by atoms with Crippen molar-refractivity contribution < 1.29 is 0 Å². The summed E-state index contributed by atoms with van der Waals surface area (Å²) in [4.78, 5) is 8.51. The Morgan fingerprint density at radius 2 is 2.00 bits per heavy atom. The van der Waals surface area contributed by atoms with Crippen molar-refractivity contribution in [3.05, 3.63) is 71.1 Å². The standard InChI is InChI=1S/C22H23N5S/c1-16-7-9-17(10-8-16)22-23-13-19(28-22)15-26-11-4-5-18(14-26)21-25-24-20-6-2-3-12-27(20)21/h2-3,6-10,12-13,18H,4-5,11,14-15H2,1H3/t18-/m0/s1. The number of aryl methyl sites for hydroxylation is 1. The van der Waals surface area contributed by atoms with Crippen LogP contribution in [0.2, 0.25) is 0 Å². The summed E-state index contributed by atoms with van der Waals surface area (Å²) in [6.07, 6.45) is 6.47. The lowest BCUT2D eigenvalue weighted by molar-refractivity contribution is 0.197. The van der Waals surface area contributed by atoms with Crippen LogP contribution in [-0.2, 0) is 6.54 Å². The molecule has 0 N–H and O–H groups in total. The van der Waals surface area contributed by atoms with Crippen LogP contribution in [-0.4, -0.2) is 37.6 Å². The zero-order valence-electron chi connectivity index (χ0n) is 16.0. The van der Waals surface area contributed by atoms with Gasteiger partial charge < -0.3 is 0 Å². The Hall–Kier alpha value is -2.57. The van der Waals surface area contributed by atoms with Crippen LogP contribution in [0.5, 0.6) is 0 Å². The van der Waals surface area contributed by atoms with Crippen LogP contribution in [0.3, 0.4) is 0 Å². The number of thiazole rings is 1. The van der Waals surface area contributed by atoms with E-state index < -0.39 is 0 Å². The molecule has 1 saturated heterocycles. The van der Waals surface area contributed by atoms with E-state index >= 15 is 0 Å². The van der Waals surface area contributed by atoms with Crippen molar-refractivity contribution in [2.45, 2.75) is 32.2 Å². The molecule has 1 aromatic carbocycles. The summed E-state index contributed by atoms with van der Waals surface area (Å²) < 4.78 is 2.14. The molecule has 0 saturated carbocycles. The first-order chi connectivity index (χ1) is 13.8. The molecule has 28 heavy (non-hydrogen) atoms. The number of aromatic nitrogens is 4. The highest BCUT2D eigenvalue weighted by Crippen LogP contribution is 2.30. The fraction of sp³-hybridized carbons (Fsp3) is 0.318. The smallest absolute Gasteiger partial charge is 0.160 e. The number of likely N-dealkylation sites (tertiary alicyclic amines) is 1. The number of benzene rings is 1. The van der Waals surface area contributed by atoms with Gasteiger partial charge in [-0.1, -0.05) is 35.9 Å². The van der Waals surface area contributed by atoms with Gasteiger partial charge in [-0.15, -0.1) is 21.5 Å². The average Bonchev–Trinajstić information content (AvgIpc) is 3.36. The van der Waals surface area contributed by atoms with E-state index in [2.05, 4.69) is 61.9 Å². The van der Waals surface area contributed by atoms with Crippen molar-refractivity contribution in [1.82, 2.24) is 24.5 Å². The maximum absolute atomic E-state index is 4.66. The highest BCUT2D eigenvalue weighted by Gasteiger charge is 2.25. The van der Waals surface area contributed by atoms with Gasteiger partial charge in [0.25, 0.3) is 0 Å². The number of nitrogens with zero attached hydrogens (tertiary/aromatic N) is 5. The van der Waals surface area contributed by atoms with Gasteiger partial charge in [0.2, 0.25) is 0 Å². The van der Waals surface area contributed by atoms with E-state index in [0.29, 0.717) is 5.92 Å². The third kappa shape index (κ3) is 3.45. The minimum absolute atomic E-state index is 0.427. The molecule has 1 aliphatic heterocycles. The molecule has 3 aromatic heterocycles. The molecule has 0 radical (unpaired) electrons. The Kier molecular flexibility index (Phi) is 4.66. The van der Waals surface area contributed by atoms with Crippen LogP contribution in [0.1, 0.15) is 35.0 Å². The lowest BCUT2D eigenvalue weighted by Crippen LogP contribution is -2.34. The molecule has 0 aliphatic carbocycles. The van der Waals surface area contributed by atoms with Crippen LogP contribution in [0, 0.1) is 6.92 Å². The van der Waals surface area contributed by atoms with Crippen LogP contribution < -0.4 is 0 Å². The van der Waals surface area contributed by atoms with E-state index in [4.69, 9.17) is 0 Å². The number of fused-ring (bicyclic) bond motifs is 1. The fourth-order valence-corrected chi connectivity index (χ4v) is 4.94. The van der Waals surface area contributed by atoms with Gasteiger partial charge in [-0.05, 0) is 38.4 Å². The predicted molar refractivity (Wildman–Crippen MR) is 113 cm³/mol. The zero-order valence-corrected chi connectivity index (χ0v) is 16.8. The molecular formula is C22H23N5S. The van der Waals surface area contributed by atoms with Gasteiger partial charge in [0, 0.05) is 41.8 Å². The zero-order chi connectivity index (χ0) is 18.9. The Balaban J connectivity index is 1.30. The lowest BCUT2D eigenvalue weighted by atomic mass is 9.97. The first-order valence-corrected chi connectivity index (χ1v) is 10.6. The highest BCUT2D eigenvalue weighted by molar-refractivity contribution is 7.15. The molecule has 5 nitrogen and oxygen atoms in total. The third-order valence-electron chi connectivity index (χ3n) is 5.44. The van der Waals surface area contributed by atoms with Gasteiger partial charge >= 0.3 is 0 Å². The van der Waals surface area contributed by atoms with E-state index in [-0.39, 0.29) is 0 Å². The lowest BCUT2D eigenvalue weighted by Gasteiger charge is -2.31. The van der Waals surface area contributed by atoms with Crippen molar-refractivity contribution in [2.24, 2.45) is 0 Å². The van der Waals surface area contributed by atoms with E-state index in [0.717, 1.165) is 36.1 Å². The fourth-order valence-electron chi connectivity index (χ4n) is 3.98. The molecule has 6 heteroatoms. The Morgan fingerprint density at radius 1 is 1.11 bits per heavy atom. The molecule has 0 unspecified atom stereocenters. The highest BCUT2D eigenvalue weighted by atomic mass is 32.1. The molecule has 0 amide bonds. The summed E-state index contributed by atoms with van der Waals surface area (Å²) in [6.45, 7) is 5.22. The normalized spacial score (nSPS) is 18.0. The Labute approximate surface area is 168 Å². The van der Waals surface area contributed by atoms with Crippen LogP contribution in [0.4, 0.5) is 0 Å². The van der Waals surface area contributed by atoms with Crippen molar-refractivity contribution in [3.8, 4) is 10.6 Å². The minimum Gasteiger partial charge on any atom is -0.297 e. The summed E-state index contributed by atoms with van der Waals surface area (Å²) >= 11 is 1.80. The molecule has 1 aliphatic rings. The van der Waals surface area contributed by atoms with Crippen molar-refractivity contribution in [1.29, 1.82) is 0 Å². The second-order valence-electron chi connectivity index (χ2n) is 7.56. The Bertz CT molecular complexity index is 1080. The molecule has 1 atom stereocenters. The SMILES string of the molecule is Cc1ccc(-c2ncc(CN3CCC[C@H](c4nnc5ccccn45)C3)s2)cc1. The summed E-state index contributed by atoms with van der Waals surface area (Å²) in [7, 11) is 0. The van der Waals surface area contributed by atoms with Gasteiger partial charge in [0.05, 0.1) is 0 Å². The molecule has 4 heterocycles. The quantitative estimate of drug-likeness (QED) is 0.514. The van der Waals surface area contributed by atoms with Crippen LogP contribution >= 0.6 is 11.3 Å². The molecule has 4 aromatic rings. The number of hydrogen-bond acceptors (Lipinski definition) is 5. The summed E-state index contributed by atoms with van der Waals surface area (Å²) in [6, 6.07) is 14.7. The summed E-state index contributed by atoms with van der Waals surface area (Å²) in [5, 5.41) is 9.92. The van der Waals surface area contributed by atoms with Crippen LogP contribution in [0.25, 0.3) is 16.2 Å². The molecule has 1 fully saturated rings. The second-order valence-corrected chi connectivity index (χ2v) is 8.67. The molecular weight excluding hydrogens is 366 g/mol. The average molecular weight is 390 g/mol. The molecule has 0 bridgehead atoms. The van der Waals surface area contributed by atoms with Crippen molar-refractivity contribution in [2.75, 3.05) is 13.1 Å². The van der Waals surface area contributed by atoms with Gasteiger partial charge in [0.1, 0.15) is 10.8 Å². The van der Waals surface area contributed by atoms with E-state index in [1.54, 1.807) is 11.3 Å². The summed E-state index contributed by atoms with van der Waals surface area (Å²) in [5.74, 6) is 1.51. The molecule has 5 rings (SSSR count).